The molecule has 34 heavy (non-hydrogen) atoms. The standard InChI is InChI=1S/C25H28ClN5O3/c1-15-12-21-22(13-20(15)26)31(19-4-2-16(3-5-19)23(27)32)25(29-21)30-9-6-17(7-10-30)24(33)28-18-8-11-34-14-18/h2-5,12-13,17-18H,6-11,14H2,1H3,(H2,27,32)(H,28,33)/t18-/m1/s1. The Morgan fingerprint density at radius 3 is 2.53 bits per heavy atom. The van der Waals surface area contributed by atoms with Crippen LogP contribution in [0.15, 0.2) is 36.4 Å². The molecule has 2 fully saturated rings. The second kappa shape index (κ2) is 9.27. The van der Waals surface area contributed by atoms with Crippen molar-refractivity contribution >= 4 is 40.4 Å². The van der Waals surface area contributed by atoms with Gasteiger partial charge in [0.15, 0.2) is 0 Å². The van der Waals surface area contributed by atoms with Gasteiger partial charge in [-0.15, -0.1) is 0 Å². The summed E-state index contributed by atoms with van der Waals surface area (Å²) in [6, 6.07) is 11.2. The van der Waals surface area contributed by atoms with E-state index in [0.29, 0.717) is 36.9 Å². The van der Waals surface area contributed by atoms with Crippen molar-refractivity contribution in [2.45, 2.75) is 32.2 Å². The summed E-state index contributed by atoms with van der Waals surface area (Å²) >= 11 is 6.46. The summed E-state index contributed by atoms with van der Waals surface area (Å²) in [6.07, 6.45) is 2.39. The number of halogens is 1. The molecular formula is C25H28ClN5O3. The van der Waals surface area contributed by atoms with Crippen LogP contribution in [0.2, 0.25) is 5.02 Å². The zero-order chi connectivity index (χ0) is 23.8. The number of anilines is 1. The van der Waals surface area contributed by atoms with Gasteiger partial charge in [-0.05, 0) is 68.1 Å². The van der Waals surface area contributed by atoms with E-state index in [1.165, 1.54) is 0 Å². The Bertz CT molecular complexity index is 1230. The van der Waals surface area contributed by atoms with Crippen LogP contribution < -0.4 is 16.0 Å². The molecule has 3 aromatic rings. The number of piperidine rings is 1. The molecule has 2 aromatic carbocycles. The fourth-order valence-electron chi connectivity index (χ4n) is 4.74. The number of hydrogen-bond acceptors (Lipinski definition) is 5. The van der Waals surface area contributed by atoms with Gasteiger partial charge < -0.3 is 20.7 Å². The van der Waals surface area contributed by atoms with Crippen LogP contribution in [0, 0.1) is 12.8 Å². The number of amides is 2. The zero-order valence-corrected chi connectivity index (χ0v) is 19.8. The fourth-order valence-corrected chi connectivity index (χ4v) is 4.90. The summed E-state index contributed by atoms with van der Waals surface area (Å²) in [5.41, 5.74) is 9.42. The Morgan fingerprint density at radius 1 is 1.15 bits per heavy atom. The zero-order valence-electron chi connectivity index (χ0n) is 19.1. The minimum atomic E-state index is -0.467. The first-order valence-electron chi connectivity index (χ1n) is 11.6. The van der Waals surface area contributed by atoms with E-state index in [0.717, 1.165) is 47.5 Å². The summed E-state index contributed by atoms with van der Waals surface area (Å²) in [7, 11) is 0. The van der Waals surface area contributed by atoms with Crippen molar-refractivity contribution in [3.63, 3.8) is 0 Å². The maximum absolute atomic E-state index is 12.7. The predicted octanol–water partition coefficient (Wildman–Crippen LogP) is 3.21. The number of carbonyl (C=O) groups is 2. The Hall–Kier alpha value is -3.10. The lowest BCUT2D eigenvalue weighted by Crippen LogP contribution is -2.44. The minimum Gasteiger partial charge on any atom is -0.379 e. The van der Waals surface area contributed by atoms with Gasteiger partial charge in [0, 0.05) is 41.9 Å². The van der Waals surface area contributed by atoms with Crippen LogP contribution in [0.5, 0.6) is 0 Å². The molecule has 2 amide bonds. The van der Waals surface area contributed by atoms with Gasteiger partial charge in [0.25, 0.3) is 0 Å². The fraction of sp³-hybridized carbons (Fsp3) is 0.400. The van der Waals surface area contributed by atoms with E-state index in [4.69, 9.17) is 27.1 Å². The number of nitrogens with zero attached hydrogens (tertiary/aromatic N) is 3. The van der Waals surface area contributed by atoms with Crippen molar-refractivity contribution in [1.82, 2.24) is 14.9 Å². The largest absolute Gasteiger partial charge is 0.379 e. The summed E-state index contributed by atoms with van der Waals surface area (Å²) < 4.78 is 7.43. The molecule has 1 aromatic heterocycles. The van der Waals surface area contributed by atoms with Gasteiger partial charge >= 0.3 is 0 Å². The Kier molecular flexibility index (Phi) is 6.18. The van der Waals surface area contributed by atoms with E-state index in [1.807, 2.05) is 31.2 Å². The number of carbonyl (C=O) groups excluding carboxylic acids is 2. The number of aromatic nitrogens is 2. The first-order chi connectivity index (χ1) is 16.4. The van der Waals surface area contributed by atoms with Gasteiger partial charge in [-0.2, -0.15) is 0 Å². The number of ether oxygens (including phenoxy) is 1. The Labute approximate surface area is 203 Å². The molecule has 178 valence electrons. The van der Waals surface area contributed by atoms with Crippen molar-refractivity contribution in [1.29, 1.82) is 0 Å². The van der Waals surface area contributed by atoms with Gasteiger partial charge in [0.2, 0.25) is 17.8 Å². The van der Waals surface area contributed by atoms with Gasteiger partial charge in [-0.3, -0.25) is 14.2 Å². The molecule has 9 heteroatoms. The number of fused-ring (bicyclic) bond motifs is 1. The highest BCUT2D eigenvalue weighted by Crippen LogP contribution is 2.33. The van der Waals surface area contributed by atoms with Crippen molar-refractivity contribution in [2.75, 3.05) is 31.2 Å². The van der Waals surface area contributed by atoms with Gasteiger partial charge in [-0.1, -0.05) is 11.6 Å². The van der Waals surface area contributed by atoms with E-state index < -0.39 is 5.91 Å². The van der Waals surface area contributed by atoms with Gasteiger partial charge in [-0.25, -0.2) is 4.98 Å². The lowest BCUT2D eigenvalue weighted by Gasteiger charge is -2.32. The van der Waals surface area contributed by atoms with E-state index in [1.54, 1.807) is 12.1 Å². The molecule has 1 atom stereocenters. The average molecular weight is 482 g/mol. The van der Waals surface area contributed by atoms with E-state index in [-0.39, 0.29) is 17.9 Å². The molecule has 3 N–H and O–H groups in total. The highest BCUT2D eigenvalue weighted by Gasteiger charge is 2.30. The minimum absolute atomic E-state index is 0.0128. The molecule has 0 aliphatic carbocycles. The molecule has 0 radical (unpaired) electrons. The predicted molar refractivity (Wildman–Crippen MR) is 132 cm³/mol. The van der Waals surface area contributed by atoms with Crippen LogP contribution in [0.4, 0.5) is 5.95 Å². The first kappa shape index (κ1) is 22.7. The molecule has 0 bridgehead atoms. The lowest BCUT2D eigenvalue weighted by atomic mass is 9.95. The van der Waals surface area contributed by atoms with Crippen molar-refractivity contribution in [3.8, 4) is 5.69 Å². The topological polar surface area (TPSA) is 102 Å². The Balaban J connectivity index is 1.43. The molecule has 2 saturated heterocycles. The molecule has 0 unspecified atom stereocenters. The van der Waals surface area contributed by atoms with Crippen LogP contribution in [0.1, 0.15) is 35.2 Å². The van der Waals surface area contributed by atoms with E-state index in [2.05, 4.69) is 14.8 Å². The summed E-state index contributed by atoms with van der Waals surface area (Å²) in [4.78, 5) is 31.4. The summed E-state index contributed by atoms with van der Waals surface area (Å²) in [5.74, 6) is 0.436. The molecule has 2 aliphatic rings. The average Bonchev–Trinajstić information content (AvgIpc) is 3.47. The van der Waals surface area contributed by atoms with E-state index in [9.17, 15) is 9.59 Å². The maximum atomic E-state index is 12.7. The smallest absolute Gasteiger partial charge is 0.248 e. The number of primary amides is 1. The first-order valence-corrected chi connectivity index (χ1v) is 12.0. The quantitative estimate of drug-likeness (QED) is 0.582. The molecule has 3 heterocycles. The second-order valence-corrected chi connectivity index (χ2v) is 9.49. The van der Waals surface area contributed by atoms with Crippen LogP contribution in [0.25, 0.3) is 16.7 Å². The summed E-state index contributed by atoms with van der Waals surface area (Å²) in [5, 5.41) is 3.80. The third kappa shape index (κ3) is 4.35. The number of aryl methyl sites for hydroxylation is 1. The third-order valence-corrected chi connectivity index (χ3v) is 7.16. The number of imidazole rings is 1. The number of nitrogens with one attached hydrogen (secondary N) is 1. The molecule has 5 rings (SSSR count). The molecule has 0 saturated carbocycles. The molecular weight excluding hydrogens is 454 g/mol. The molecule has 2 aliphatic heterocycles. The normalized spacial score (nSPS) is 19.0. The van der Waals surface area contributed by atoms with Crippen molar-refractivity contribution < 1.29 is 14.3 Å². The SMILES string of the molecule is Cc1cc2nc(N3CCC(C(=O)N[C@@H]4CCOC4)CC3)n(-c3ccc(C(N)=O)cc3)c2cc1Cl. The number of benzene rings is 2. The van der Waals surface area contributed by atoms with Crippen LogP contribution in [-0.4, -0.2) is 53.7 Å². The van der Waals surface area contributed by atoms with E-state index >= 15 is 0 Å². The number of nitrogens with two attached hydrogens (primary N) is 1. The van der Waals surface area contributed by atoms with Crippen LogP contribution >= 0.6 is 11.6 Å². The molecule has 0 spiro atoms. The number of hydrogen-bond donors (Lipinski definition) is 2. The second-order valence-electron chi connectivity index (χ2n) is 9.08. The number of rotatable bonds is 5. The highest BCUT2D eigenvalue weighted by atomic mass is 35.5. The summed E-state index contributed by atoms with van der Waals surface area (Å²) in [6.45, 7) is 4.71. The lowest BCUT2D eigenvalue weighted by molar-refractivity contribution is -0.126. The van der Waals surface area contributed by atoms with Crippen LogP contribution in [-0.2, 0) is 9.53 Å². The third-order valence-electron chi connectivity index (χ3n) is 6.75. The van der Waals surface area contributed by atoms with Crippen LogP contribution in [0.3, 0.4) is 0 Å². The maximum Gasteiger partial charge on any atom is 0.248 e. The van der Waals surface area contributed by atoms with Crippen molar-refractivity contribution in [2.24, 2.45) is 11.7 Å². The highest BCUT2D eigenvalue weighted by molar-refractivity contribution is 6.32. The van der Waals surface area contributed by atoms with Gasteiger partial charge in [0.05, 0.1) is 23.7 Å². The Morgan fingerprint density at radius 2 is 1.88 bits per heavy atom. The van der Waals surface area contributed by atoms with Gasteiger partial charge in [0.1, 0.15) is 0 Å². The molecule has 8 nitrogen and oxygen atoms in total. The monoisotopic (exact) mass is 481 g/mol. The van der Waals surface area contributed by atoms with Crippen molar-refractivity contribution in [3.05, 3.63) is 52.5 Å².